The number of benzene rings is 1. The fourth-order valence-corrected chi connectivity index (χ4v) is 2.78. The molecule has 1 unspecified atom stereocenters. The summed E-state index contributed by atoms with van der Waals surface area (Å²) < 4.78 is 9.92. The third kappa shape index (κ3) is 5.86. The van der Waals surface area contributed by atoms with Gasteiger partial charge in [-0.15, -0.1) is 0 Å². The number of hydrogen-bond acceptors (Lipinski definition) is 7. The molecule has 9 heteroatoms. The minimum absolute atomic E-state index is 0.00951. The van der Waals surface area contributed by atoms with Gasteiger partial charge in [-0.05, 0) is 29.8 Å². The van der Waals surface area contributed by atoms with Crippen molar-refractivity contribution in [2.75, 3.05) is 7.11 Å². The summed E-state index contributed by atoms with van der Waals surface area (Å²) in [6.07, 6.45) is 3.69. The molecule has 2 heterocycles. The molecular formula is C20H19ClN4O4. The molecule has 0 aliphatic carbocycles. The first-order chi connectivity index (χ1) is 14.0. The molecule has 150 valence electrons. The van der Waals surface area contributed by atoms with E-state index in [0.29, 0.717) is 16.7 Å². The molecule has 0 aliphatic heterocycles. The van der Waals surface area contributed by atoms with Crippen molar-refractivity contribution in [1.29, 1.82) is 0 Å². The van der Waals surface area contributed by atoms with E-state index in [-0.39, 0.29) is 25.2 Å². The van der Waals surface area contributed by atoms with Crippen LogP contribution in [0.4, 0.5) is 0 Å². The number of halogens is 1. The Kier molecular flexibility index (Phi) is 6.91. The molecule has 0 bridgehead atoms. The van der Waals surface area contributed by atoms with Gasteiger partial charge in [0.1, 0.15) is 0 Å². The van der Waals surface area contributed by atoms with Crippen LogP contribution in [-0.2, 0) is 20.7 Å². The minimum Gasteiger partial charge on any atom is -0.469 e. The van der Waals surface area contributed by atoms with Gasteiger partial charge in [-0.25, -0.2) is 0 Å². The maximum absolute atomic E-state index is 12.4. The molecule has 8 nitrogen and oxygen atoms in total. The summed E-state index contributed by atoms with van der Waals surface area (Å²) >= 11 is 5.91. The molecule has 1 atom stereocenters. The number of hydrogen-bond donors (Lipinski definition) is 1. The number of esters is 1. The highest BCUT2D eigenvalue weighted by Gasteiger charge is 2.19. The second kappa shape index (κ2) is 9.79. The predicted octanol–water partition coefficient (Wildman–Crippen LogP) is 3.14. The van der Waals surface area contributed by atoms with E-state index in [1.807, 2.05) is 6.07 Å². The van der Waals surface area contributed by atoms with Crippen LogP contribution in [0, 0.1) is 0 Å². The van der Waals surface area contributed by atoms with Crippen LogP contribution in [-0.4, -0.2) is 34.1 Å². The van der Waals surface area contributed by atoms with Gasteiger partial charge in [0.15, 0.2) is 0 Å². The van der Waals surface area contributed by atoms with Crippen LogP contribution in [0.15, 0.2) is 53.3 Å². The normalized spacial score (nSPS) is 11.7. The quantitative estimate of drug-likeness (QED) is 0.564. The third-order valence-corrected chi connectivity index (χ3v) is 4.41. The van der Waals surface area contributed by atoms with Crippen LogP contribution in [0.1, 0.15) is 30.3 Å². The fourth-order valence-electron chi connectivity index (χ4n) is 2.65. The van der Waals surface area contributed by atoms with E-state index in [1.54, 1.807) is 42.7 Å². The third-order valence-electron chi connectivity index (χ3n) is 4.16. The van der Waals surface area contributed by atoms with Crippen LogP contribution in [0.2, 0.25) is 5.02 Å². The number of rotatable bonds is 8. The van der Waals surface area contributed by atoms with Crippen molar-refractivity contribution >= 4 is 23.5 Å². The first-order valence-electron chi connectivity index (χ1n) is 8.90. The molecule has 2 aromatic heterocycles. The molecule has 0 spiro atoms. The highest BCUT2D eigenvalue weighted by atomic mass is 35.5. The van der Waals surface area contributed by atoms with Crippen molar-refractivity contribution in [2.45, 2.75) is 25.3 Å². The number of nitrogens with one attached hydrogen (secondary N) is 1. The summed E-state index contributed by atoms with van der Waals surface area (Å²) in [5.74, 6) is 0.0755. The van der Waals surface area contributed by atoms with Crippen LogP contribution in [0.3, 0.4) is 0 Å². The Hall–Kier alpha value is -3.26. The Balaban J connectivity index is 1.60. The van der Waals surface area contributed by atoms with E-state index in [2.05, 4.69) is 20.4 Å². The van der Waals surface area contributed by atoms with Gasteiger partial charge in [0.05, 0.1) is 19.6 Å². The Morgan fingerprint density at radius 3 is 2.72 bits per heavy atom. The number of amides is 1. The van der Waals surface area contributed by atoms with Gasteiger partial charge in [0, 0.05) is 35.8 Å². The topological polar surface area (TPSA) is 107 Å². The number of aryl methyl sites for hydroxylation is 1. The standard InChI is InChI=1S/C20H19ClN4O4/c1-28-19(27)11-16(13-4-6-15(21)7-5-13)23-17(26)8-9-18-24-20(25-29-18)14-3-2-10-22-12-14/h2-7,10,12,16H,8-9,11H2,1H3,(H,23,26). The average Bonchev–Trinajstić information content (AvgIpc) is 3.22. The van der Waals surface area contributed by atoms with Crippen molar-refractivity contribution in [3.05, 3.63) is 65.3 Å². The van der Waals surface area contributed by atoms with E-state index in [1.165, 1.54) is 7.11 Å². The number of ether oxygens (including phenoxy) is 1. The molecule has 1 amide bonds. The van der Waals surface area contributed by atoms with Crippen molar-refractivity contribution < 1.29 is 18.8 Å². The number of carbonyl (C=O) groups is 2. The predicted molar refractivity (Wildman–Crippen MR) is 105 cm³/mol. The van der Waals surface area contributed by atoms with Crippen molar-refractivity contribution in [1.82, 2.24) is 20.4 Å². The van der Waals surface area contributed by atoms with Crippen LogP contribution < -0.4 is 5.32 Å². The lowest BCUT2D eigenvalue weighted by Crippen LogP contribution is -2.30. The fraction of sp³-hybridized carbons (Fsp3) is 0.250. The number of nitrogens with zero attached hydrogens (tertiary/aromatic N) is 3. The summed E-state index contributed by atoms with van der Waals surface area (Å²) in [6, 6.07) is 9.98. The number of methoxy groups -OCH3 is 1. The van der Waals surface area contributed by atoms with Crippen LogP contribution >= 0.6 is 11.6 Å². The molecule has 1 aromatic carbocycles. The average molecular weight is 415 g/mol. The Morgan fingerprint density at radius 2 is 2.03 bits per heavy atom. The zero-order valence-corrected chi connectivity index (χ0v) is 16.4. The summed E-state index contributed by atoms with van der Waals surface area (Å²) in [6.45, 7) is 0. The highest BCUT2D eigenvalue weighted by Crippen LogP contribution is 2.20. The molecule has 3 aromatic rings. The smallest absolute Gasteiger partial charge is 0.307 e. The summed E-state index contributed by atoms with van der Waals surface area (Å²) in [7, 11) is 1.30. The van der Waals surface area contributed by atoms with E-state index < -0.39 is 12.0 Å². The van der Waals surface area contributed by atoms with Gasteiger partial charge < -0.3 is 14.6 Å². The van der Waals surface area contributed by atoms with Crippen molar-refractivity contribution in [3.63, 3.8) is 0 Å². The molecule has 0 fully saturated rings. The van der Waals surface area contributed by atoms with Crippen molar-refractivity contribution in [2.24, 2.45) is 0 Å². The number of pyridine rings is 1. The monoisotopic (exact) mass is 414 g/mol. The van der Waals surface area contributed by atoms with E-state index in [9.17, 15) is 9.59 Å². The van der Waals surface area contributed by atoms with Gasteiger partial charge in [0.2, 0.25) is 17.6 Å². The summed E-state index contributed by atoms with van der Waals surface area (Å²) in [5, 5.41) is 7.31. The molecule has 29 heavy (non-hydrogen) atoms. The molecule has 0 radical (unpaired) electrons. The second-order valence-electron chi connectivity index (χ2n) is 6.21. The summed E-state index contributed by atoms with van der Waals surface area (Å²) in [5.41, 5.74) is 1.48. The lowest BCUT2D eigenvalue weighted by atomic mass is 10.0. The Bertz CT molecular complexity index is 960. The Morgan fingerprint density at radius 1 is 1.24 bits per heavy atom. The Labute approximate surface area is 172 Å². The van der Waals surface area contributed by atoms with E-state index in [0.717, 1.165) is 11.1 Å². The van der Waals surface area contributed by atoms with Crippen molar-refractivity contribution in [3.8, 4) is 11.4 Å². The SMILES string of the molecule is COC(=O)CC(NC(=O)CCc1nc(-c2cccnc2)no1)c1ccc(Cl)cc1. The van der Waals surface area contributed by atoms with Gasteiger partial charge in [-0.1, -0.05) is 28.9 Å². The molecule has 0 saturated carbocycles. The van der Waals surface area contributed by atoms with Gasteiger partial charge in [0.25, 0.3) is 0 Å². The molecule has 0 aliphatic rings. The number of carbonyl (C=O) groups excluding carboxylic acids is 2. The van der Waals surface area contributed by atoms with Crippen LogP contribution in [0.5, 0.6) is 0 Å². The van der Waals surface area contributed by atoms with E-state index >= 15 is 0 Å². The zero-order valence-electron chi connectivity index (χ0n) is 15.7. The van der Waals surface area contributed by atoms with E-state index in [4.69, 9.17) is 20.9 Å². The first-order valence-corrected chi connectivity index (χ1v) is 9.27. The van der Waals surface area contributed by atoms with Crippen LogP contribution in [0.25, 0.3) is 11.4 Å². The zero-order chi connectivity index (χ0) is 20.6. The minimum atomic E-state index is -0.527. The first kappa shape index (κ1) is 20.5. The number of aromatic nitrogens is 3. The second-order valence-corrected chi connectivity index (χ2v) is 6.64. The summed E-state index contributed by atoms with van der Waals surface area (Å²) in [4.78, 5) is 32.4. The molecule has 0 saturated heterocycles. The maximum Gasteiger partial charge on any atom is 0.307 e. The lowest BCUT2D eigenvalue weighted by molar-refractivity contribution is -0.141. The largest absolute Gasteiger partial charge is 0.469 e. The maximum atomic E-state index is 12.4. The van der Waals surface area contributed by atoms with Gasteiger partial charge in [-0.3, -0.25) is 14.6 Å². The van der Waals surface area contributed by atoms with Gasteiger partial charge >= 0.3 is 5.97 Å². The molecular weight excluding hydrogens is 396 g/mol. The highest BCUT2D eigenvalue weighted by molar-refractivity contribution is 6.30. The van der Waals surface area contributed by atoms with Gasteiger partial charge in [-0.2, -0.15) is 4.98 Å². The molecule has 1 N–H and O–H groups in total. The lowest BCUT2D eigenvalue weighted by Gasteiger charge is -2.18. The molecule has 3 rings (SSSR count).